The van der Waals surface area contributed by atoms with E-state index in [0.29, 0.717) is 17.4 Å². The van der Waals surface area contributed by atoms with Gasteiger partial charge in [0.25, 0.3) is 5.91 Å². The first kappa shape index (κ1) is 12.1. The van der Waals surface area contributed by atoms with Gasteiger partial charge in [-0.3, -0.25) is 4.79 Å². The van der Waals surface area contributed by atoms with Gasteiger partial charge >= 0.3 is 0 Å². The first-order chi connectivity index (χ1) is 9.15. The zero-order valence-corrected chi connectivity index (χ0v) is 10.9. The number of carbonyl (C=O) groups excluding carboxylic acids is 1. The van der Waals surface area contributed by atoms with Crippen LogP contribution in [0, 0.1) is 0 Å². The Morgan fingerprint density at radius 2 is 2.16 bits per heavy atom. The van der Waals surface area contributed by atoms with Crippen LogP contribution in [0.5, 0.6) is 5.75 Å². The summed E-state index contributed by atoms with van der Waals surface area (Å²) in [6, 6.07) is 8.76. The molecule has 2 aromatic rings. The predicted octanol–water partition coefficient (Wildman–Crippen LogP) is 3.43. The Labute approximate surface area is 115 Å². The van der Waals surface area contributed by atoms with Crippen LogP contribution in [-0.4, -0.2) is 15.6 Å². The zero-order chi connectivity index (χ0) is 13.4. The van der Waals surface area contributed by atoms with Crippen LogP contribution in [0.15, 0.2) is 36.5 Å². The Kier molecular flexibility index (Phi) is 2.95. The normalized spacial score (nSPS) is 14.4. The second kappa shape index (κ2) is 4.63. The second-order valence-corrected chi connectivity index (χ2v) is 5.06. The number of rotatable bonds is 3. The monoisotopic (exact) mass is 276 g/mol. The molecule has 0 bridgehead atoms. The van der Waals surface area contributed by atoms with Crippen molar-refractivity contribution in [2.75, 3.05) is 5.32 Å². The molecule has 1 aliphatic rings. The summed E-state index contributed by atoms with van der Waals surface area (Å²) in [5.74, 6) is -0.226. The Hall–Kier alpha value is -1.94. The number of phenolic OH excluding ortho intramolecular Hbond substituents is 1. The van der Waals surface area contributed by atoms with E-state index >= 15 is 0 Å². The average Bonchev–Trinajstić information content (AvgIpc) is 3.11. The standard InChI is InChI=1S/C14H13ClN2O2/c15-11-6-3-9(8-13(11)18)16-14(19)12-2-1-7-17(12)10-4-5-10/h1-3,6-8,10,18H,4-5H2,(H,16,19). The van der Waals surface area contributed by atoms with Gasteiger partial charge in [0.1, 0.15) is 11.4 Å². The average molecular weight is 277 g/mol. The molecule has 0 atom stereocenters. The fourth-order valence-corrected chi connectivity index (χ4v) is 2.16. The highest BCUT2D eigenvalue weighted by molar-refractivity contribution is 6.32. The number of aromatic hydroxyl groups is 1. The van der Waals surface area contributed by atoms with Gasteiger partial charge in [-0.2, -0.15) is 0 Å². The van der Waals surface area contributed by atoms with Crippen LogP contribution in [0.2, 0.25) is 5.02 Å². The smallest absolute Gasteiger partial charge is 0.272 e. The first-order valence-electron chi connectivity index (χ1n) is 6.12. The number of carbonyl (C=O) groups is 1. The van der Waals surface area contributed by atoms with Gasteiger partial charge in [-0.15, -0.1) is 0 Å². The molecule has 0 spiro atoms. The summed E-state index contributed by atoms with van der Waals surface area (Å²) in [6.45, 7) is 0. The number of hydrogen-bond donors (Lipinski definition) is 2. The maximum Gasteiger partial charge on any atom is 0.272 e. The highest BCUT2D eigenvalue weighted by Crippen LogP contribution is 2.36. The van der Waals surface area contributed by atoms with Crippen LogP contribution in [0.1, 0.15) is 29.4 Å². The molecule has 1 amide bonds. The maximum absolute atomic E-state index is 12.2. The van der Waals surface area contributed by atoms with Crippen molar-refractivity contribution in [1.29, 1.82) is 0 Å². The van der Waals surface area contributed by atoms with Gasteiger partial charge in [-0.05, 0) is 37.1 Å². The lowest BCUT2D eigenvalue weighted by molar-refractivity contribution is 0.101. The van der Waals surface area contributed by atoms with E-state index in [1.165, 1.54) is 6.07 Å². The number of halogens is 1. The molecule has 1 aromatic heterocycles. The third kappa shape index (κ3) is 2.44. The summed E-state index contributed by atoms with van der Waals surface area (Å²) in [5, 5.41) is 12.5. The van der Waals surface area contributed by atoms with Crippen LogP contribution in [0.25, 0.3) is 0 Å². The molecule has 1 saturated carbocycles. The van der Waals surface area contributed by atoms with Crippen LogP contribution in [0.3, 0.4) is 0 Å². The molecular formula is C14H13ClN2O2. The van der Waals surface area contributed by atoms with Crippen molar-refractivity contribution >= 4 is 23.2 Å². The lowest BCUT2D eigenvalue weighted by Crippen LogP contribution is -2.16. The van der Waals surface area contributed by atoms with Crippen molar-refractivity contribution in [3.05, 3.63) is 47.2 Å². The van der Waals surface area contributed by atoms with E-state index in [1.54, 1.807) is 18.2 Å². The molecule has 98 valence electrons. The van der Waals surface area contributed by atoms with Gasteiger partial charge in [-0.1, -0.05) is 11.6 Å². The summed E-state index contributed by atoms with van der Waals surface area (Å²) < 4.78 is 1.99. The first-order valence-corrected chi connectivity index (χ1v) is 6.49. The van der Waals surface area contributed by atoms with E-state index in [2.05, 4.69) is 5.32 Å². The number of phenols is 1. The number of aromatic nitrogens is 1. The molecule has 0 aliphatic heterocycles. The van der Waals surface area contributed by atoms with Gasteiger partial charge < -0.3 is 15.0 Å². The summed E-state index contributed by atoms with van der Waals surface area (Å²) in [5.41, 5.74) is 1.16. The number of amides is 1. The molecule has 2 N–H and O–H groups in total. The Morgan fingerprint density at radius 1 is 1.37 bits per heavy atom. The minimum Gasteiger partial charge on any atom is -0.506 e. The summed E-state index contributed by atoms with van der Waals surface area (Å²) in [7, 11) is 0. The van der Waals surface area contributed by atoms with Crippen molar-refractivity contribution in [3.63, 3.8) is 0 Å². The number of benzene rings is 1. The molecule has 0 radical (unpaired) electrons. The van der Waals surface area contributed by atoms with Crippen molar-refractivity contribution in [2.45, 2.75) is 18.9 Å². The van der Waals surface area contributed by atoms with Gasteiger partial charge in [0.05, 0.1) is 5.02 Å². The van der Waals surface area contributed by atoms with Gasteiger partial charge in [0, 0.05) is 24.0 Å². The molecule has 1 aliphatic carbocycles. The lowest BCUT2D eigenvalue weighted by atomic mass is 10.3. The quantitative estimate of drug-likeness (QED) is 0.902. The van der Waals surface area contributed by atoms with Gasteiger partial charge in [0.2, 0.25) is 0 Å². The predicted molar refractivity (Wildman–Crippen MR) is 73.8 cm³/mol. The van der Waals surface area contributed by atoms with Gasteiger partial charge in [-0.25, -0.2) is 0 Å². The van der Waals surface area contributed by atoms with E-state index in [9.17, 15) is 9.90 Å². The fraction of sp³-hybridized carbons (Fsp3) is 0.214. The molecule has 5 heteroatoms. The van der Waals surface area contributed by atoms with Crippen LogP contribution in [-0.2, 0) is 0 Å². The number of nitrogens with one attached hydrogen (secondary N) is 1. The zero-order valence-electron chi connectivity index (χ0n) is 10.1. The summed E-state index contributed by atoms with van der Waals surface area (Å²) in [6.07, 6.45) is 4.17. The molecule has 0 unspecified atom stereocenters. The van der Waals surface area contributed by atoms with Crippen LogP contribution < -0.4 is 5.32 Å². The van der Waals surface area contributed by atoms with Crippen molar-refractivity contribution in [2.24, 2.45) is 0 Å². The molecule has 1 aromatic carbocycles. The highest BCUT2D eigenvalue weighted by atomic mass is 35.5. The maximum atomic E-state index is 12.2. The topological polar surface area (TPSA) is 54.3 Å². The summed E-state index contributed by atoms with van der Waals surface area (Å²) >= 11 is 5.72. The molecular weight excluding hydrogens is 264 g/mol. The van der Waals surface area contributed by atoms with E-state index < -0.39 is 0 Å². The van der Waals surface area contributed by atoms with Crippen molar-refractivity contribution < 1.29 is 9.90 Å². The minimum absolute atomic E-state index is 0.0444. The van der Waals surface area contributed by atoms with E-state index in [-0.39, 0.29) is 16.7 Å². The number of anilines is 1. The second-order valence-electron chi connectivity index (χ2n) is 4.65. The molecule has 0 saturated heterocycles. The number of nitrogens with zero attached hydrogens (tertiary/aromatic N) is 1. The number of hydrogen-bond acceptors (Lipinski definition) is 2. The Bertz CT molecular complexity index is 632. The lowest BCUT2D eigenvalue weighted by Gasteiger charge is -2.09. The van der Waals surface area contributed by atoms with Crippen molar-refractivity contribution in [1.82, 2.24) is 4.57 Å². The van der Waals surface area contributed by atoms with E-state index in [0.717, 1.165) is 12.8 Å². The fourth-order valence-electron chi connectivity index (χ4n) is 2.04. The molecule has 4 nitrogen and oxygen atoms in total. The highest BCUT2D eigenvalue weighted by Gasteiger charge is 2.26. The Balaban J connectivity index is 1.80. The SMILES string of the molecule is O=C(Nc1ccc(Cl)c(O)c1)c1cccn1C1CC1. The largest absolute Gasteiger partial charge is 0.506 e. The third-order valence-electron chi connectivity index (χ3n) is 3.16. The minimum atomic E-state index is -0.182. The molecule has 19 heavy (non-hydrogen) atoms. The van der Waals surface area contributed by atoms with E-state index in [1.807, 2.05) is 16.8 Å². The van der Waals surface area contributed by atoms with Crippen molar-refractivity contribution in [3.8, 4) is 5.75 Å². The van der Waals surface area contributed by atoms with Crippen LogP contribution in [0.4, 0.5) is 5.69 Å². The van der Waals surface area contributed by atoms with E-state index in [4.69, 9.17) is 11.6 Å². The molecule has 3 rings (SSSR count). The summed E-state index contributed by atoms with van der Waals surface area (Å²) in [4.78, 5) is 12.2. The molecule has 1 heterocycles. The van der Waals surface area contributed by atoms with Gasteiger partial charge in [0.15, 0.2) is 0 Å². The Morgan fingerprint density at radius 3 is 2.84 bits per heavy atom. The van der Waals surface area contributed by atoms with Crippen LogP contribution >= 0.6 is 11.6 Å². The third-order valence-corrected chi connectivity index (χ3v) is 3.48. The molecule has 1 fully saturated rings.